The molecule has 0 aliphatic heterocycles. The Kier molecular flexibility index (Phi) is 5.70. The summed E-state index contributed by atoms with van der Waals surface area (Å²) in [5.41, 5.74) is 7.38. The van der Waals surface area contributed by atoms with E-state index in [2.05, 4.69) is 129 Å². The van der Waals surface area contributed by atoms with Gasteiger partial charge in [-0.2, -0.15) is 0 Å². The van der Waals surface area contributed by atoms with Crippen LogP contribution in [-0.4, -0.2) is 11.9 Å². The van der Waals surface area contributed by atoms with Crippen LogP contribution in [0.5, 0.6) is 0 Å². The molecule has 0 saturated heterocycles. The molecule has 176 valence electrons. The van der Waals surface area contributed by atoms with Crippen molar-refractivity contribution in [2.75, 3.05) is 7.05 Å². The van der Waals surface area contributed by atoms with Crippen LogP contribution in [0.4, 0.5) is 0 Å². The Labute approximate surface area is 213 Å². The van der Waals surface area contributed by atoms with Crippen LogP contribution in [0.2, 0.25) is 0 Å². The van der Waals surface area contributed by atoms with Crippen molar-refractivity contribution in [1.82, 2.24) is 4.90 Å². The molecule has 36 heavy (non-hydrogen) atoms. The second kappa shape index (κ2) is 9.17. The van der Waals surface area contributed by atoms with Crippen molar-refractivity contribution in [1.29, 1.82) is 0 Å². The minimum absolute atomic E-state index is 1.04. The molecule has 0 radical (unpaired) electrons. The van der Waals surface area contributed by atoms with E-state index < -0.39 is 0 Å². The van der Waals surface area contributed by atoms with Crippen molar-refractivity contribution >= 4 is 38.0 Å². The summed E-state index contributed by atoms with van der Waals surface area (Å²) in [5, 5.41) is 7.77. The van der Waals surface area contributed by atoms with Crippen LogP contribution in [0.15, 0.2) is 121 Å². The fourth-order valence-electron chi connectivity index (χ4n) is 5.71. The summed E-state index contributed by atoms with van der Waals surface area (Å²) in [5.74, 6) is 0. The van der Waals surface area contributed by atoms with Crippen molar-refractivity contribution in [2.45, 2.75) is 26.2 Å². The Morgan fingerprint density at radius 2 is 1.53 bits per heavy atom. The molecule has 0 aromatic heterocycles. The summed E-state index contributed by atoms with van der Waals surface area (Å²) >= 11 is 0. The molecule has 1 aliphatic rings. The van der Waals surface area contributed by atoms with E-state index in [9.17, 15) is 0 Å². The highest BCUT2D eigenvalue weighted by molar-refractivity contribution is 6.23. The van der Waals surface area contributed by atoms with Gasteiger partial charge in [-0.05, 0) is 92.9 Å². The molecule has 0 bridgehead atoms. The molecule has 0 amide bonds. The lowest BCUT2D eigenvalue weighted by atomic mass is 9.90. The largest absolute Gasteiger partial charge is 0.348 e. The first-order chi connectivity index (χ1) is 17.6. The predicted molar refractivity (Wildman–Crippen MR) is 157 cm³/mol. The summed E-state index contributed by atoms with van der Waals surface area (Å²) in [4.78, 5) is 2.29. The lowest BCUT2D eigenvalue weighted by Gasteiger charge is -2.26. The minimum Gasteiger partial charge on any atom is -0.348 e. The van der Waals surface area contributed by atoms with Gasteiger partial charge in [-0.1, -0.05) is 97.6 Å². The average molecular weight is 466 g/mol. The first-order valence-electron chi connectivity index (χ1n) is 12.8. The summed E-state index contributed by atoms with van der Waals surface area (Å²) in [6.07, 6.45) is 7.94. The molecule has 0 fully saturated rings. The van der Waals surface area contributed by atoms with Crippen LogP contribution in [0.1, 0.15) is 31.7 Å². The normalized spacial score (nSPS) is 13.9. The maximum absolute atomic E-state index is 4.51. The van der Waals surface area contributed by atoms with E-state index in [1.54, 1.807) is 0 Å². The van der Waals surface area contributed by atoms with Gasteiger partial charge in [0, 0.05) is 18.4 Å². The molecular weight excluding hydrogens is 434 g/mol. The number of hydrogen-bond donors (Lipinski definition) is 0. The zero-order chi connectivity index (χ0) is 24.6. The molecule has 0 atom stereocenters. The minimum atomic E-state index is 1.04. The zero-order valence-corrected chi connectivity index (χ0v) is 21.1. The Morgan fingerprint density at radius 1 is 0.778 bits per heavy atom. The third-order valence-electron chi connectivity index (χ3n) is 7.67. The number of benzene rings is 5. The molecule has 0 spiro atoms. The van der Waals surface area contributed by atoms with Crippen molar-refractivity contribution in [3.63, 3.8) is 0 Å². The highest BCUT2D eigenvalue weighted by atomic mass is 15.1. The van der Waals surface area contributed by atoms with Crippen LogP contribution in [-0.2, 0) is 0 Å². The molecule has 6 rings (SSSR count). The topological polar surface area (TPSA) is 3.24 Å². The second-order valence-electron chi connectivity index (χ2n) is 9.87. The van der Waals surface area contributed by atoms with Gasteiger partial charge < -0.3 is 4.90 Å². The number of hydrogen-bond acceptors (Lipinski definition) is 1. The van der Waals surface area contributed by atoms with Crippen LogP contribution in [0.25, 0.3) is 49.1 Å². The molecule has 1 nitrogen and oxygen atoms in total. The standard InChI is InChI=1S/C35H31N/c1-24-12-5-4-6-19-34(24)36(3)25(2)27-14-11-15-28(22-27)33-23-29-21-20-26-13-7-8-16-30(26)35(29)32-18-10-9-17-31(32)33/h5,7-18,20-23H,2,4,6,19H2,1,3H3. The van der Waals surface area contributed by atoms with Gasteiger partial charge in [0.25, 0.3) is 0 Å². The molecule has 5 aromatic carbocycles. The van der Waals surface area contributed by atoms with Crippen LogP contribution in [0, 0.1) is 0 Å². The van der Waals surface area contributed by atoms with E-state index >= 15 is 0 Å². The maximum atomic E-state index is 4.51. The van der Waals surface area contributed by atoms with Crippen LogP contribution >= 0.6 is 0 Å². The summed E-state index contributed by atoms with van der Waals surface area (Å²) in [7, 11) is 2.16. The molecule has 5 aromatic rings. The fraction of sp³-hybridized carbons (Fsp3) is 0.143. The Morgan fingerprint density at radius 3 is 2.39 bits per heavy atom. The third kappa shape index (κ3) is 3.82. The molecule has 0 heterocycles. The van der Waals surface area contributed by atoms with Crippen molar-refractivity contribution in [3.05, 3.63) is 127 Å². The number of rotatable bonds is 4. The van der Waals surface area contributed by atoms with E-state index in [0.717, 1.165) is 24.1 Å². The van der Waals surface area contributed by atoms with Gasteiger partial charge in [0.2, 0.25) is 0 Å². The van der Waals surface area contributed by atoms with Gasteiger partial charge in [-0.25, -0.2) is 0 Å². The quantitative estimate of drug-likeness (QED) is 0.239. The lowest BCUT2D eigenvalue weighted by molar-refractivity contribution is 0.549. The predicted octanol–water partition coefficient (Wildman–Crippen LogP) is 9.73. The third-order valence-corrected chi connectivity index (χ3v) is 7.67. The van der Waals surface area contributed by atoms with Gasteiger partial charge in [0.05, 0.1) is 0 Å². The van der Waals surface area contributed by atoms with E-state index in [4.69, 9.17) is 0 Å². The van der Waals surface area contributed by atoms with Crippen LogP contribution < -0.4 is 0 Å². The number of nitrogens with zero attached hydrogens (tertiary/aromatic N) is 1. The van der Waals surface area contributed by atoms with Gasteiger partial charge in [0.1, 0.15) is 0 Å². The van der Waals surface area contributed by atoms with Crippen LogP contribution in [0.3, 0.4) is 0 Å². The second-order valence-corrected chi connectivity index (χ2v) is 9.87. The van der Waals surface area contributed by atoms with E-state index in [1.165, 1.54) is 61.1 Å². The molecule has 0 N–H and O–H groups in total. The van der Waals surface area contributed by atoms with Crippen molar-refractivity contribution in [2.24, 2.45) is 0 Å². The van der Waals surface area contributed by atoms with Crippen molar-refractivity contribution in [3.8, 4) is 11.1 Å². The monoisotopic (exact) mass is 465 g/mol. The highest BCUT2D eigenvalue weighted by Gasteiger charge is 2.15. The zero-order valence-electron chi connectivity index (χ0n) is 21.1. The van der Waals surface area contributed by atoms with Gasteiger partial charge in [-0.15, -0.1) is 0 Å². The molecular formula is C35H31N. The molecule has 0 unspecified atom stereocenters. The molecule has 0 saturated carbocycles. The smallest absolute Gasteiger partial charge is 0.0406 e. The first kappa shape index (κ1) is 22.4. The van der Waals surface area contributed by atoms with Crippen molar-refractivity contribution < 1.29 is 0 Å². The summed E-state index contributed by atoms with van der Waals surface area (Å²) < 4.78 is 0. The number of fused-ring (bicyclic) bond motifs is 5. The van der Waals surface area contributed by atoms with Gasteiger partial charge in [0.15, 0.2) is 0 Å². The van der Waals surface area contributed by atoms with E-state index in [-0.39, 0.29) is 0 Å². The summed E-state index contributed by atoms with van der Waals surface area (Å²) in [6.45, 7) is 6.72. The Balaban J connectivity index is 1.49. The fourth-order valence-corrected chi connectivity index (χ4v) is 5.71. The Bertz CT molecular complexity index is 1700. The maximum Gasteiger partial charge on any atom is 0.0406 e. The lowest BCUT2D eigenvalue weighted by Crippen LogP contribution is -2.16. The van der Waals surface area contributed by atoms with Gasteiger partial charge in [-0.3, -0.25) is 0 Å². The highest BCUT2D eigenvalue weighted by Crippen LogP contribution is 2.39. The molecule has 1 aliphatic carbocycles. The Hall–Kier alpha value is -4.10. The van der Waals surface area contributed by atoms with E-state index in [1.807, 2.05) is 0 Å². The first-order valence-corrected chi connectivity index (χ1v) is 12.8. The van der Waals surface area contributed by atoms with Gasteiger partial charge >= 0.3 is 0 Å². The average Bonchev–Trinajstić information content (AvgIpc) is 3.15. The SMILES string of the molecule is C=C(c1cccc(-c2cc3ccc4ccccc4c3c3ccccc23)c1)N(C)C1=C(C)C=CCCC1. The number of allylic oxidation sites excluding steroid dienone is 4. The molecule has 1 heteroatoms. The van der Waals surface area contributed by atoms with E-state index in [0.29, 0.717) is 0 Å². The summed E-state index contributed by atoms with van der Waals surface area (Å²) in [6, 6.07) is 33.2.